The van der Waals surface area contributed by atoms with E-state index in [0.717, 1.165) is 10.9 Å². The second-order valence-corrected chi connectivity index (χ2v) is 4.13. The van der Waals surface area contributed by atoms with Crippen LogP contribution >= 0.6 is 0 Å². The SMILES string of the molecule is COc1ccc(C(N)=O)c(-c2n[nH]c3c[nH]cc23)c1. The molecule has 0 aliphatic heterocycles. The largest absolute Gasteiger partial charge is 0.497 e. The third-order valence-electron chi connectivity index (χ3n) is 3.04. The topological polar surface area (TPSA) is 96.8 Å². The lowest BCUT2D eigenvalue weighted by Gasteiger charge is -2.07. The molecule has 0 saturated carbocycles. The van der Waals surface area contributed by atoms with Crippen molar-refractivity contribution in [1.29, 1.82) is 0 Å². The minimum absolute atomic E-state index is 0.412. The van der Waals surface area contributed by atoms with Crippen LogP contribution in [0.5, 0.6) is 5.75 Å². The molecule has 0 saturated heterocycles. The highest BCUT2D eigenvalue weighted by atomic mass is 16.5. The van der Waals surface area contributed by atoms with E-state index in [1.807, 2.05) is 6.20 Å². The molecule has 3 aromatic rings. The van der Waals surface area contributed by atoms with Gasteiger partial charge in [0, 0.05) is 28.9 Å². The summed E-state index contributed by atoms with van der Waals surface area (Å²) in [4.78, 5) is 14.5. The second-order valence-electron chi connectivity index (χ2n) is 4.13. The number of nitrogens with two attached hydrogens (primary N) is 1. The highest BCUT2D eigenvalue weighted by Gasteiger charge is 2.16. The number of carbonyl (C=O) groups excluding carboxylic acids is 1. The van der Waals surface area contributed by atoms with Gasteiger partial charge in [-0.15, -0.1) is 0 Å². The van der Waals surface area contributed by atoms with Gasteiger partial charge in [0.1, 0.15) is 11.4 Å². The number of primary amides is 1. The van der Waals surface area contributed by atoms with Crippen LogP contribution in [0.4, 0.5) is 0 Å². The zero-order valence-electron chi connectivity index (χ0n) is 10.2. The van der Waals surface area contributed by atoms with Gasteiger partial charge in [-0.1, -0.05) is 0 Å². The lowest BCUT2D eigenvalue weighted by molar-refractivity contribution is 0.100. The van der Waals surface area contributed by atoms with Crippen molar-refractivity contribution in [3.63, 3.8) is 0 Å². The molecule has 0 atom stereocenters. The molecule has 1 amide bonds. The van der Waals surface area contributed by atoms with E-state index >= 15 is 0 Å². The van der Waals surface area contributed by atoms with E-state index in [1.165, 1.54) is 0 Å². The number of nitrogens with zero attached hydrogens (tertiary/aromatic N) is 1. The van der Waals surface area contributed by atoms with Gasteiger partial charge in [-0.3, -0.25) is 9.89 Å². The van der Waals surface area contributed by atoms with Crippen LogP contribution in [-0.4, -0.2) is 28.2 Å². The Bertz CT molecular complexity index is 757. The molecule has 2 heterocycles. The second kappa shape index (κ2) is 4.16. The standard InChI is InChI=1S/C13H12N4O2/c1-19-7-2-3-8(13(14)18)9(4-7)12-10-5-15-6-11(10)16-17-12/h2-6,15-16H,1H3,(H2,14,18). The van der Waals surface area contributed by atoms with Gasteiger partial charge in [-0.2, -0.15) is 5.10 Å². The van der Waals surface area contributed by atoms with Crippen molar-refractivity contribution < 1.29 is 9.53 Å². The summed E-state index contributed by atoms with van der Waals surface area (Å²) >= 11 is 0. The van der Waals surface area contributed by atoms with E-state index in [2.05, 4.69) is 15.2 Å². The van der Waals surface area contributed by atoms with Crippen LogP contribution in [0.25, 0.3) is 22.2 Å². The van der Waals surface area contributed by atoms with Crippen molar-refractivity contribution in [1.82, 2.24) is 15.2 Å². The maximum absolute atomic E-state index is 11.5. The Balaban J connectivity index is 2.28. The average molecular weight is 256 g/mol. The number of fused-ring (bicyclic) bond motifs is 1. The number of hydrogen-bond donors (Lipinski definition) is 3. The molecule has 0 bridgehead atoms. The zero-order valence-corrected chi connectivity index (χ0v) is 10.2. The molecule has 0 aliphatic rings. The number of aromatic amines is 2. The third-order valence-corrected chi connectivity index (χ3v) is 3.04. The summed E-state index contributed by atoms with van der Waals surface area (Å²) < 4.78 is 5.18. The summed E-state index contributed by atoms with van der Waals surface area (Å²) in [5.41, 5.74) is 8.01. The number of H-pyrrole nitrogens is 2. The van der Waals surface area contributed by atoms with E-state index in [4.69, 9.17) is 10.5 Å². The van der Waals surface area contributed by atoms with Gasteiger partial charge >= 0.3 is 0 Å². The molecule has 0 fully saturated rings. The molecular formula is C13H12N4O2. The molecule has 2 aromatic heterocycles. The van der Waals surface area contributed by atoms with Crippen LogP contribution in [0.2, 0.25) is 0 Å². The molecule has 0 radical (unpaired) electrons. The Morgan fingerprint density at radius 3 is 2.95 bits per heavy atom. The third kappa shape index (κ3) is 1.74. The fourth-order valence-electron chi connectivity index (χ4n) is 2.10. The molecule has 6 nitrogen and oxygen atoms in total. The molecule has 3 rings (SSSR count). The molecule has 0 spiro atoms. The fourth-order valence-corrected chi connectivity index (χ4v) is 2.10. The number of rotatable bonds is 3. The number of aromatic nitrogens is 3. The minimum Gasteiger partial charge on any atom is -0.497 e. The van der Waals surface area contributed by atoms with Crippen molar-refractivity contribution in [2.24, 2.45) is 5.73 Å². The Morgan fingerprint density at radius 1 is 1.37 bits per heavy atom. The summed E-state index contributed by atoms with van der Waals surface area (Å²) in [5.74, 6) is 0.149. The van der Waals surface area contributed by atoms with Crippen LogP contribution in [0.15, 0.2) is 30.6 Å². The lowest BCUT2D eigenvalue weighted by Crippen LogP contribution is -2.12. The molecule has 0 aliphatic carbocycles. The zero-order chi connectivity index (χ0) is 13.4. The molecule has 1 aromatic carbocycles. The van der Waals surface area contributed by atoms with E-state index < -0.39 is 5.91 Å². The number of benzene rings is 1. The van der Waals surface area contributed by atoms with Gasteiger partial charge in [0.15, 0.2) is 0 Å². The van der Waals surface area contributed by atoms with Crippen LogP contribution in [0.3, 0.4) is 0 Å². The number of ether oxygens (including phenoxy) is 1. The number of nitrogens with one attached hydrogen (secondary N) is 2. The smallest absolute Gasteiger partial charge is 0.249 e. The molecule has 6 heteroatoms. The molecule has 0 unspecified atom stereocenters. The maximum Gasteiger partial charge on any atom is 0.249 e. The van der Waals surface area contributed by atoms with Gasteiger partial charge in [0.2, 0.25) is 5.91 Å². The Hall–Kier alpha value is -2.76. The first-order valence-electron chi connectivity index (χ1n) is 5.70. The van der Waals surface area contributed by atoms with E-state index in [0.29, 0.717) is 22.6 Å². The number of hydrogen-bond acceptors (Lipinski definition) is 3. The predicted molar refractivity (Wildman–Crippen MR) is 71.0 cm³/mol. The first-order valence-corrected chi connectivity index (χ1v) is 5.70. The number of methoxy groups -OCH3 is 1. The molecule has 96 valence electrons. The molecular weight excluding hydrogens is 244 g/mol. The number of carbonyl (C=O) groups is 1. The Kier molecular flexibility index (Phi) is 2.49. The first-order chi connectivity index (χ1) is 9.20. The molecule has 4 N–H and O–H groups in total. The fraction of sp³-hybridized carbons (Fsp3) is 0.0769. The predicted octanol–water partition coefficient (Wildman–Crippen LogP) is 1.67. The Morgan fingerprint density at radius 2 is 2.21 bits per heavy atom. The van der Waals surface area contributed by atoms with Crippen molar-refractivity contribution in [2.75, 3.05) is 7.11 Å². The van der Waals surface area contributed by atoms with Gasteiger partial charge in [-0.25, -0.2) is 0 Å². The minimum atomic E-state index is -0.496. The summed E-state index contributed by atoms with van der Waals surface area (Å²) in [6, 6.07) is 5.09. The van der Waals surface area contributed by atoms with Crippen LogP contribution in [0, 0.1) is 0 Å². The van der Waals surface area contributed by atoms with E-state index in [-0.39, 0.29) is 0 Å². The van der Waals surface area contributed by atoms with Crippen molar-refractivity contribution in [3.8, 4) is 17.0 Å². The van der Waals surface area contributed by atoms with Gasteiger partial charge in [0.25, 0.3) is 0 Å². The van der Waals surface area contributed by atoms with Crippen LogP contribution < -0.4 is 10.5 Å². The van der Waals surface area contributed by atoms with Gasteiger partial charge in [-0.05, 0) is 18.2 Å². The monoisotopic (exact) mass is 256 g/mol. The maximum atomic E-state index is 11.5. The van der Waals surface area contributed by atoms with Crippen molar-refractivity contribution >= 4 is 16.8 Å². The van der Waals surface area contributed by atoms with Crippen molar-refractivity contribution in [2.45, 2.75) is 0 Å². The van der Waals surface area contributed by atoms with Crippen molar-refractivity contribution in [3.05, 3.63) is 36.2 Å². The highest BCUT2D eigenvalue weighted by molar-refractivity contribution is 6.04. The van der Waals surface area contributed by atoms with Crippen LogP contribution in [0.1, 0.15) is 10.4 Å². The number of amides is 1. The van der Waals surface area contributed by atoms with E-state index in [1.54, 1.807) is 31.5 Å². The lowest BCUT2D eigenvalue weighted by atomic mass is 10.0. The average Bonchev–Trinajstić information content (AvgIpc) is 3.00. The quantitative estimate of drug-likeness (QED) is 0.664. The normalized spacial score (nSPS) is 10.8. The summed E-state index contributed by atoms with van der Waals surface area (Å²) in [5, 5.41) is 8.03. The molecule has 19 heavy (non-hydrogen) atoms. The first kappa shape index (κ1) is 11.3. The van der Waals surface area contributed by atoms with Crippen LogP contribution in [-0.2, 0) is 0 Å². The van der Waals surface area contributed by atoms with E-state index in [9.17, 15) is 4.79 Å². The highest BCUT2D eigenvalue weighted by Crippen LogP contribution is 2.31. The summed E-state index contributed by atoms with van der Waals surface area (Å²) in [7, 11) is 1.57. The summed E-state index contributed by atoms with van der Waals surface area (Å²) in [6.07, 6.45) is 3.62. The summed E-state index contributed by atoms with van der Waals surface area (Å²) in [6.45, 7) is 0. The van der Waals surface area contributed by atoms with Gasteiger partial charge in [0.05, 0.1) is 12.6 Å². The van der Waals surface area contributed by atoms with Gasteiger partial charge < -0.3 is 15.5 Å². The Labute approximate surface area is 108 Å².